The molecule has 2 heterocycles. The number of unbranched alkanes of at least 4 members (excludes halogenated alkanes) is 1. The zero-order chi connectivity index (χ0) is 24.8. The summed E-state index contributed by atoms with van der Waals surface area (Å²) in [6.07, 6.45) is 3.44. The van der Waals surface area contributed by atoms with Gasteiger partial charge < -0.3 is 15.0 Å². The van der Waals surface area contributed by atoms with Gasteiger partial charge in [0, 0.05) is 26.7 Å². The zero-order valence-corrected chi connectivity index (χ0v) is 21.3. The summed E-state index contributed by atoms with van der Waals surface area (Å²) in [4.78, 5) is 41.8. The number of ketones is 1. The first kappa shape index (κ1) is 26.0. The van der Waals surface area contributed by atoms with Crippen molar-refractivity contribution in [1.29, 1.82) is 0 Å². The Kier molecular flexibility index (Phi) is 8.94. The molecular formula is C26H40N4O4. The SMILES string of the molecule is CCCC[C@H]1C(=O)N(CCC(C)C)C[C@H]2C1C(=O)CN(C)N2C(=O)NCc1ccc(OC)cc1. The van der Waals surface area contributed by atoms with Crippen molar-refractivity contribution < 1.29 is 19.1 Å². The Balaban J connectivity index is 1.80. The Labute approximate surface area is 203 Å². The van der Waals surface area contributed by atoms with Crippen LogP contribution in [0.2, 0.25) is 0 Å². The number of ether oxygens (including phenoxy) is 1. The molecule has 3 atom stereocenters. The van der Waals surface area contributed by atoms with Crippen LogP contribution in [0.3, 0.4) is 0 Å². The highest BCUT2D eigenvalue weighted by atomic mass is 16.5. The maximum absolute atomic E-state index is 13.4. The molecule has 1 N–H and O–H groups in total. The monoisotopic (exact) mass is 472 g/mol. The minimum Gasteiger partial charge on any atom is -0.497 e. The van der Waals surface area contributed by atoms with Gasteiger partial charge in [-0.1, -0.05) is 45.7 Å². The number of nitrogens with zero attached hydrogens (tertiary/aromatic N) is 3. The molecule has 0 aliphatic carbocycles. The number of hydrogen-bond donors (Lipinski definition) is 1. The van der Waals surface area contributed by atoms with Gasteiger partial charge in [-0.05, 0) is 36.5 Å². The molecule has 1 unspecified atom stereocenters. The van der Waals surface area contributed by atoms with Gasteiger partial charge in [-0.15, -0.1) is 0 Å². The number of benzene rings is 1. The molecule has 2 aliphatic heterocycles. The number of fused-ring (bicyclic) bond motifs is 1. The molecular weight excluding hydrogens is 432 g/mol. The van der Waals surface area contributed by atoms with Crippen LogP contribution in [0.15, 0.2) is 24.3 Å². The number of carbonyl (C=O) groups excluding carboxylic acids is 3. The van der Waals surface area contributed by atoms with Crippen molar-refractivity contribution >= 4 is 17.7 Å². The van der Waals surface area contributed by atoms with Crippen molar-refractivity contribution in [3.63, 3.8) is 0 Å². The number of hydrazine groups is 1. The second kappa shape index (κ2) is 11.7. The fourth-order valence-electron chi connectivity index (χ4n) is 5.06. The summed E-state index contributed by atoms with van der Waals surface area (Å²) in [7, 11) is 3.39. The quantitative estimate of drug-likeness (QED) is 0.596. The van der Waals surface area contributed by atoms with E-state index >= 15 is 0 Å². The van der Waals surface area contributed by atoms with E-state index in [0.29, 0.717) is 32.0 Å². The molecule has 188 valence electrons. The van der Waals surface area contributed by atoms with Crippen LogP contribution in [0, 0.1) is 17.8 Å². The van der Waals surface area contributed by atoms with Crippen LogP contribution in [0.1, 0.15) is 52.0 Å². The second-order valence-corrected chi connectivity index (χ2v) is 9.94. The fraction of sp³-hybridized carbons (Fsp3) is 0.654. The molecule has 2 fully saturated rings. The number of methoxy groups -OCH3 is 1. The first-order valence-corrected chi connectivity index (χ1v) is 12.5. The summed E-state index contributed by atoms with van der Waals surface area (Å²) < 4.78 is 5.20. The van der Waals surface area contributed by atoms with E-state index in [1.807, 2.05) is 29.2 Å². The molecule has 3 rings (SSSR count). The average molecular weight is 473 g/mol. The fourth-order valence-corrected chi connectivity index (χ4v) is 5.06. The number of hydrogen-bond acceptors (Lipinski definition) is 5. The zero-order valence-electron chi connectivity index (χ0n) is 21.3. The molecule has 3 amide bonds. The lowest BCUT2D eigenvalue weighted by atomic mass is 9.74. The standard InChI is InChI=1S/C26H40N4O4/c1-6-7-8-21-24-22(16-29(25(21)32)14-13-18(2)3)30(28(4)17-23(24)31)26(33)27-15-19-9-11-20(34-5)12-10-19/h9-12,18,21-22,24H,6-8,13-17H2,1-5H3,(H,27,33)/t21-,22+,24?/m1/s1. The number of piperidine rings is 1. The molecule has 2 saturated heterocycles. The Bertz CT molecular complexity index is 857. The lowest BCUT2D eigenvalue weighted by Gasteiger charge is -2.52. The average Bonchev–Trinajstić information content (AvgIpc) is 2.81. The molecule has 1 aromatic rings. The van der Waals surface area contributed by atoms with E-state index in [0.717, 1.165) is 30.6 Å². The minimum atomic E-state index is -0.447. The number of rotatable bonds is 9. The molecule has 0 aromatic heterocycles. The summed E-state index contributed by atoms with van der Waals surface area (Å²) >= 11 is 0. The maximum atomic E-state index is 13.4. The molecule has 0 spiro atoms. The number of Topliss-reactive ketones (excluding diaryl/α,β-unsaturated/α-hetero) is 1. The summed E-state index contributed by atoms with van der Waals surface area (Å²) in [6.45, 7) is 7.93. The van der Waals surface area contributed by atoms with E-state index in [-0.39, 0.29) is 36.2 Å². The van der Waals surface area contributed by atoms with Crippen LogP contribution < -0.4 is 10.1 Å². The summed E-state index contributed by atoms with van der Waals surface area (Å²) in [5, 5.41) is 6.40. The van der Waals surface area contributed by atoms with Gasteiger partial charge in [-0.3, -0.25) is 14.6 Å². The lowest BCUT2D eigenvalue weighted by molar-refractivity contribution is -0.166. The van der Waals surface area contributed by atoms with Crippen molar-refractivity contribution in [2.45, 2.75) is 59.0 Å². The molecule has 0 radical (unpaired) electrons. The molecule has 8 heteroatoms. The van der Waals surface area contributed by atoms with Crippen molar-refractivity contribution in [2.24, 2.45) is 17.8 Å². The smallest absolute Gasteiger partial charge is 0.332 e. The topological polar surface area (TPSA) is 82.2 Å². The molecule has 1 aromatic carbocycles. The molecule has 34 heavy (non-hydrogen) atoms. The molecule has 0 saturated carbocycles. The first-order valence-electron chi connectivity index (χ1n) is 12.5. The summed E-state index contributed by atoms with van der Waals surface area (Å²) in [5.41, 5.74) is 0.958. The van der Waals surface area contributed by atoms with Crippen LogP contribution in [-0.4, -0.2) is 72.5 Å². The number of likely N-dealkylation sites (tertiary alicyclic amines) is 1. The van der Waals surface area contributed by atoms with Gasteiger partial charge in [0.1, 0.15) is 5.75 Å². The Hall–Kier alpha value is -2.61. The van der Waals surface area contributed by atoms with Crippen molar-refractivity contribution in [1.82, 2.24) is 20.2 Å². The Morgan fingerprint density at radius 1 is 1.21 bits per heavy atom. The number of nitrogens with one attached hydrogen (secondary N) is 1. The normalized spacial score (nSPS) is 23.3. The largest absolute Gasteiger partial charge is 0.497 e. The third-order valence-corrected chi connectivity index (χ3v) is 6.98. The third kappa shape index (κ3) is 5.90. The second-order valence-electron chi connectivity index (χ2n) is 9.94. The van der Waals surface area contributed by atoms with Gasteiger partial charge >= 0.3 is 6.03 Å². The van der Waals surface area contributed by atoms with Crippen LogP contribution in [0.25, 0.3) is 0 Å². The number of likely N-dealkylation sites (N-methyl/N-ethyl adjacent to an activating group) is 1. The number of urea groups is 1. The molecule has 0 bridgehead atoms. The number of carbonyl (C=O) groups is 3. The molecule has 2 aliphatic rings. The Morgan fingerprint density at radius 2 is 1.91 bits per heavy atom. The van der Waals surface area contributed by atoms with Crippen LogP contribution in [0.5, 0.6) is 5.75 Å². The first-order chi connectivity index (χ1) is 16.3. The van der Waals surface area contributed by atoms with E-state index in [1.54, 1.807) is 24.2 Å². The van der Waals surface area contributed by atoms with Gasteiger partial charge in [0.2, 0.25) is 5.91 Å². The van der Waals surface area contributed by atoms with E-state index in [9.17, 15) is 14.4 Å². The van der Waals surface area contributed by atoms with Crippen molar-refractivity contribution in [3.05, 3.63) is 29.8 Å². The van der Waals surface area contributed by atoms with E-state index in [2.05, 4.69) is 26.1 Å². The highest BCUT2D eigenvalue weighted by Gasteiger charge is 2.52. The van der Waals surface area contributed by atoms with E-state index in [1.165, 1.54) is 0 Å². The highest BCUT2D eigenvalue weighted by molar-refractivity contribution is 5.93. The van der Waals surface area contributed by atoms with Crippen LogP contribution in [-0.2, 0) is 16.1 Å². The third-order valence-electron chi connectivity index (χ3n) is 6.98. The van der Waals surface area contributed by atoms with E-state index < -0.39 is 5.92 Å². The van der Waals surface area contributed by atoms with Gasteiger partial charge in [0.25, 0.3) is 0 Å². The number of amides is 3. The van der Waals surface area contributed by atoms with Gasteiger partial charge in [0.15, 0.2) is 5.78 Å². The molecule has 8 nitrogen and oxygen atoms in total. The Morgan fingerprint density at radius 3 is 2.53 bits per heavy atom. The maximum Gasteiger partial charge on any atom is 0.332 e. The minimum absolute atomic E-state index is 0.0599. The van der Waals surface area contributed by atoms with Gasteiger partial charge in [0.05, 0.1) is 31.5 Å². The van der Waals surface area contributed by atoms with Crippen molar-refractivity contribution in [3.8, 4) is 5.75 Å². The predicted molar refractivity (Wildman–Crippen MR) is 131 cm³/mol. The highest BCUT2D eigenvalue weighted by Crippen LogP contribution is 2.36. The van der Waals surface area contributed by atoms with E-state index in [4.69, 9.17) is 4.74 Å². The van der Waals surface area contributed by atoms with Gasteiger partial charge in [-0.25, -0.2) is 9.80 Å². The lowest BCUT2D eigenvalue weighted by Crippen LogP contribution is -2.70. The van der Waals surface area contributed by atoms with Crippen LogP contribution >= 0.6 is 0 Å². The predicted octanol–water partition coefficient (Wildman–Crippen LogP) is 3.32. The summed E-state index contributed by atoms with van der Waals surface area (Å²) in [6, 6.07) is 6.96. The summed E-state index contributed by atoms with van der Waals surface area (Å²) in [5.74, 6) is 0.565. The van der Waals surface area contributed by atoms with Gasteiger partial charge in [-0.2, -0.15) is 0 Å². The van der Waals surface area contributed by atoms with Crippen LogP contribution in [0.4, 0.5) is 4.79 Å². The van der Waals surface area contributed by atoms with Crippen molar-refractivity contribution in [2.75, 3.05) is 33.8 Å².